The predicted molar refractivity (Wildman–Crippen MR) is 153 cm³/mol. The summed E-state index contributed by atoms with van der Waals surface area (Å²) in [4.78, 5) is 2.66. The van der Waals surface area contributed by atoms with Crippen molar-refractivity contribution in [2.24, 2.45) is 0 Å². The number of nitrogens with one attached hydrogen (secondary N) is 1. The first-order chi connectivity index (χ1) is 18.8. The number of pyridine rings is 1. The van der Waals surface area contributed by atoms with E-state index in [1.807, 2.05) is 0 Å². The van der Waals surface area contributed by atoms with Crippen LogP contribution in [0.25, 0.3) is 22.0 Å². The second kappa shape index (κ2) is 12.9. The molecule has 4 heterocycles. The average molecular weight is 644 g/mol. The van der Waals surface area contributed by atoms with Crippen molar-refractivity contribution in [3.63, 3.8) is 0 Å². The molecule has 3 aliphatic heterocycles. The molecule has 1 fully saturated rings. The Morgan fingerprint density at radius 3 is 2.62 bits per heavy atom. The molecule has 2 aromatic carbocycles. The third kappa shape index (κ3) is 5.80. The molecular weight excluding hydrogens is 601 g/mol. The lowest BCUT2D eigenvalue weighted by Crippen LogP contribution is -3.00. The average Bonchev–Trinajstić information content (AvgIpc) is 3.41. The van der Waals surface area contributed by atoms with Gasteiger partial charge in [-0.2, -0.15) is 4.57 Å². The van der Waals surface area contributed by atoms with E-state index in [4.69, 9.17) is 14.2 Å². The van der Waals surface area contributed by atoms with Gasteiger partial charge in [0.25, 0.3) is 0 Å². The van der Waals surface area contributed by atoms with Crippen LogP contribution in [-0.4, -0.2) is 45.0 Å². The highest BCUT2D eigenvalue weighted by molar-refractivity contribution is 6.00. The number of fused-ring (bicyclic) bond motifs is 5. The van der Waals surface area contributed by atoms with Crippen molar-refractivity contribution >= 4 is 16.5 Å². The van der Waals surface area contributed by atoms with Crippen LogP contribution in [0.2, 0.25) is 0 Å². The van der Waals surface area contributed by atoms with Crippen molar-refractivity contribution in [3.05, 3.63) is 41.6 Å². The lowest BCUT2D eigenvalue weighted by atomic mass is 9.89. The standard InChI is InChI=1S/C32H41N3O3.HI/c1-3-4-6-14-33-31-27-21-35-18-13-23-19-29-30(38-22-37-29)20-26(23)32(35)25(24(27)11-12-28(31)36-2)10-9-17-34-15-7-5-8-16-34;/h11-12,19-21H,3-10,13-18,22H2,1-2H3;1H. The number of anilines is 1. The predicted octanol–water partition coefficient (Wildman–Crippen LogP) is 3.11. The van der Waals surface area contributed by atoms with Crippen LogP contribution >= 0.6 is 0 Å². The van der Waals surface area contributed by atoms with Gasteiger partial charge in [-0.1, -0.05) is 26.2 Å². The van der Waals surface area contributed by atoms with E-state index in [2.05, 4.69) is 52.2 Å². The van der Waals surface area contributed by atoms with Crippen LogP contribution in [0.1, 0.15) is 63.0 Å². The normalized spacial score (nSPS) is 15.9. The fourth-order valence-electron chi connectivity index (χ4n) is 6.52. The fourth-order valence-corrected chi connectivity index (χ4v) is 6.52. The van der Waals surface area contributed by atoms with Gasteiger partial charge in [0, 0.05) is 18.5 Å². The molecule has 0 radical (unpaired) electrons. The molecule has 3 aromatic rings. The number of halogens is 1. The lowest BCUT2D eigenvalue weighted by molar-refractivity contribution is -0.686. The monoisotopic (exact) mass is 643 g/mol. The first-order valence-electron chi connectivity index (χ1n) is 14.7. The summed E-state index contributed by atoms with van der Waals surface area (Å²) < 4.78 is 19.9. The summed E-state index contributed by atoms with van der Waals surface area (Å²) in [5, 5.41) is 6.35. The number of aryl methyl sites for hydroxylation is 3. The summed E-state index contributed by atoms with van der Waals surface area (Å²) in [5.41, 5.74) is 6.57. The van der Waals surface area contributed by atoms with Crippen molar-refractivity contribution in [2.45, 2.75) is 71.3 Å². The SMILES string of the molecule is CCCCCNc1c(OC)ccc2c(CCCN3CCCCC3)c3[n+](cc12)CCc1cc2c(cc1-3)OCO2.[I-]. The van der Waals surface area contributed by atoms with Gasteiger partial charge in [0.1, 0.15) is 5.75 Å². The molecule has 1 aromatic heterocycles. The van der Waals surface area contributed by atoms with E-state index in [-0.39, 0.29) is 24.0 Å². The van der Waals surface area contributed by atoms with Crippen LogP contribution in [0.4, 0.5) is 5.69 Å². The fraction of sp³-hybridized carbons (Fsp3) is 0.531. The molecule has 0 amide bonds. The maximum absolute atomic E-state index is 5.85. The van der Waals surface area contributed by atoms with Gasteiger partial charge >= 0.3 is 0 Å². The van der Waals surface area contributed by atoms with Crippen LogP contribution in [0.15, 0.2) is 30.5 Å². The van der Waals surface area contributed by atoms with Crippen LogP contribution in [0.5, 0.6) is 17.2 Å². The Kier molecular flexibility index (Phi) is 9.38. The number of aromatic nitrogens is 1. The maximum Gasteiger partial charge on any atom is 0.231 e. The summed E-state index contributed by atoms with van der Waals surface area (Å²) in [6.07, 6.45) is 13.2. The molecule has 0 saturated carbocycles. The second-order valence-corrected chi connectivity index (χ2v) is 11.0. The zero-order valence-electron chi connectivity index (χ0n) is 23.5. The molecule has 0 aliphatic carbocycles. The Bertz CT molecular complexity index is 1310. The second-order valence-electron chi connectivity index (χ2n) is 11.0. The summed E-state index contributed by atoms with van der Waals surface area (Å²) >= 11 is 0. The van der Waals surface area contributed by atoms with Crippen LogP contribution < -0.4 is 48.1 Å². The number of rotatable bonds is 10. The Balaban J connectivity index is 0.00000308. The molecule has 210 valence electrons. The Morgan fingerprint density at radius 1 is 1.00 bits per heavy atom. The van der Waals surface area contributed by atoms with Gasteiger partial charge in [0.2, 0.25) is 12.5 Å². The van der Waals surface area contributed by atoms with Gasteiger partial charge in [0.15, 0.2) is 24.2 Å². The molecule has 0 atom stereocenters. The van der Waals surface area contributed by atoms with Crippen LogP contribution in [0, 0.1) is 0 Å². The van der Waals surface area contributed by atoms with E-state index in [1.165, 1.54) is 84.9 Å². The van der Waals surface area contributed by atoms with Gasteiger partial charge in [-0.15, -0.1) is 0 Å². The number of nitrogens with zero attached hydrogens (tertiary/aromatic N) is 2. The van der Waals surface area contributed by atoms with E-state index in [0.29, 0.717) is 6.79 Å². The van der Waals surface area contributed by atoms with Crippen LogP contribution in [0.3, 0.4) is 0 Å². The molecule has 3 aliphatic rings. The molecule has 1 N–H and O–H groups in total. The lowest BCUT2D eigenvalue weighted by Gasteiger charge is -2.26. The number of methoxy groups -OCH3 is 1. The highest BCUT2D eigenvalue weighted by Crippen LogP contribution is 2.43. The largest absolute Gasteiger partial charge is 1.00 e. The van der Waals surface area contributed by atoms with Crippen molar-refractivity contribution < 1.29 is 42.8 Å². The first kappa shape index (κ1) is 28.3. The van der Waals surface area contributed by atoms with Gasteiger partial charge in [0.05, 0.1) is 23.7 Å². The molecule has 1 saturated heterocycles. The van der Waals surface area contributed by atoms with Gasteiger partial charge in [-0.3, -0.25) is 0 Å². The number of benzene rings is 2. The number of piperidine rings is 1. The highest BCUT2D eigenvalue weighted by Gasteiger charge is 2.32. The molecular formula is C32H42IN3O3. The quantitative estimate of drug-likeness (QED) is 0.209. The minimum atomic E-state index is 0. The number of hydrogen-bond acceptors (Lipinski definition) is 5. The molecule has 6 nitrogen and oxygen atoms in total. The highest BCUT2D eigenvalue weighted by atomic mass is 127. The minimum absolute atomic E-state index is 0. The van der Waals surface area contributed by atoms with Crippen LogP contribution in [-0.2, 0) is 19.4 Å². The Morgan fingerprint density at radius 2 is 1.82 bits per heavy atom. The molecule has 0 unspecified atom stereocenters. The van der Waals surface area contributed by atoms with Crippen molar-refractivity contribution in [1.29, 1.82) is 0 Å². The number of unbranched alkanes of at least 4 members (excludes halogenated alkanes) is 2. The molecule has 7 heteroatoms. The molecule has 39 heavy (non-hydrogen) atoms. The number of hydrogen-bond donors (Lipinski definition) is 1. The maximum atomic E-state index is 5.85. The van der Waals surface area contributed by atoms with E-state index in [0.717, 1.165) is 61.7 Å². The zero-order chi connectivity index (χ0) is 25.9. The summed E-state index contributed by atoms with van der Waals surface area (Å²) in [6, 6.07) is 8.86. The summed E-state index contributed by atoms with van der Waals surface area (Å²) in [6.45, 7) is 8.15. The number of ether oxygens (including phenoxy) is 3. The van der Waals surface area contributed by atoms with E-state index in [9.17, 15) is 0 Å². The minimum Gasteiger partial charge on any atom is -1.00 e. The van der Waals surface area contributed by atoms with Gasteiger partial charge < -0.3 is 48.4 Å². The summed E-state index contributed by atoms with van der Waals surface area (Å²) in [5.74, 6) is 2.67. The Labute approximate surface area is 250 Å². The Hall–Kier alpha value is -2.26. The smallest absolute Gasteiger partial charge is 0.231 e. The van der Waals surface area contributed by atoms with E-state index < -0.39 is 0 Å². The summed E-state index contributed by atoms with van der Waals surface area (Å²) in [7, 11) is 1.78. The third-order valence-electron chi connectivity index (χ3n) is 8.52. The van der Waals surface area contributed by atoms with Gasteiger partial charge in [-0.25, -0.2) is 0 Å². The van der Waals surface area contributed by atoms with Crippen molar-refractivity contribution in [2.75, 3.05) is 45.4 Å². The molecule has 0 bridgehead atoms. The molecule has 0 spiro atoms. The van der Waals surface area contributed by atoms with E-state index in [1.54, 1.807) is 7.11 Å². The van der Waals surface area contributed by atoms with E-state index >= 15 is 0 Å². The third-order valence-corrected chi connectivity index (χ3v) is 8.52. The van der Waals surface area contributed by atoms with Crippen molar-refractivity contribution in [1.82, 2.24) is 4.90 Å². The van der Waals surface area contributed by atoms with Gasteiger partial charge in [-0.05, 0) is 87.0 Å². The zero-order valence-corrected chi connectivity index (χ0v) is 25.6. The first-order valence-corrected chi connectivity index (χ1v) is 14.7. The molecule has 6 rings (SSSR count). The number of likely N-dealkylation sites (tertiary alicyclic amines) is 1. The topological polar surface area (TPSA) is 46.8 Å². The van der Waals surface area contributed by atoms with Crippen molar-refractivity contribution in [3.8, 4) is 28.5 Å².